The highest BCUT2D eigenvalue weighted by Crippen LogP contribution is 1.92. The number of hydrogen-bond acceptors (Lipinski definition) is 4. The van der Waals surface area contributed by atoms with E-state index in [2.05, 4.69) is 32.7 Å². The van der Waals surface area contributed by atoms with Gasteiger partial charge in [-0.25, -0.2) is 0 Å². The number of guanidine groups is 1. The van der Waals surface area contributed by atoms with Crippen molar-refractivity contribution >= 4 is 5.96 Å². The van der Waals surface area contributed by atoms with Crippen LogP contribution in [0.2, 0.25) is 0 Å². The lowest BCUT2D eigenvalue weighted by molar-refractivity contribution is 0.179. The molecule has 0 amide bonds. The van der Waals surface area contributed by atoms with Gasteiger partial charge in [-0.1, -0.05) is 0 Å². The minimum Gasteiger partial charge on any atom is -0.383 e. The van der Waals surface area contributed by atoms with E-state index in [1.807, 2.05) is 4.57 Å². The Morgan fingerprint density at radius 1 is 1.37 bits per heavy atom. The molecule has 0 saturated carbocycles. The van der Waals surface area contributed by atoms with Gasteiger partial charge in [0.15, 0.2) is 5.96 Å². The molecule has 1 rings (SSSR count). The van der Waals surface area contributed by atoms with Gasteiger partial charge in [-0.05, 0) is 19.8 Å². The van der Waals surface area contributed by atoms with Crippen molar-refractivity contribution < 1.29 is 4.74 Å². The van der Waals surface area contributed by atoms with E-state index in [0.717, 1.165) is 31.9 Å². The van der Waals surface area contributed by atoms with Crippen LogP contribution in [0.25, 0.3) is 0 Å². The molecule has 1 heterocycles. The van der Waals surface area contributed by atoms with Crippen molar-refractivity contribution in [1.82, 2.24) is 25.4 Å². The highest BCUT2D eigenvalue weighted by atomic mass is 16.5. The van der Waals surface area contributed by atoms with Gasteiger partial charge in [-0.3, -0.25) is 4.99 Å². The van der Waals surface area contributed by atoms with Crippen LogP contribution in [0.1, 0.15) is 19.8 Å². The molecule has 7 heteroatoms. The topological polar surface area (TPSA) is 76.4 Å². The fourth-order valence-electron chi connectivity index (χ4n) is 1.68. The lowest BCUT2D eigenvalue weighted by atomic mass is 10.3. The molecular formula is C12H24N6O. The van der Waals surface area contributed by atoms with E-state index >= 15 is 0 Å². The summed E-state index contributed by atoms with van der Waals surface area (Å²) in [4.78, 5) is 4.17. The van der Waals surface area contributed by atoms with Gasteiger partial charge < -0.3 is 19.9 Å². The summed E-state index contributed by atoms with van der Waals surface area (Å²) in [6.45, 7) is 4.55. The molecule has 0 radical (unpaired) electrons. The van der Waals surface area contributed by atoms with Crippen molar-refractivity contribution in [2.75, 3.05) is 27.3 Å². The molecule has 7 nitrogen and oxygen atoms in total. The molecule has 1 aromatic heterocycles. The number of aryl methyl sites for hydroxylation is 1. The quantitative estimate of drug-likeness (QED) is 0.402. The third-order valence-corrected chi connectivity index (χ3v) is 2.63. The van der Waals surface area contributed by atoms with Gasteiger partial charge in [0.2, 0.25) is 0 Å². The molecular weight excluding hydrogens is 244 g/mol. The van der Waals surface area contributed by atoms with Crippen molar-refractivity contribution in [1.29, 1.82) is 0 Å². The monoisotopic (exact) mass is 268 g/mol. The van der Waals surface area contributed by atoms with Gasteiger partial charge in [0.05, 0.1) is 6.61 Å². The largest absolute Gasteiger partial charge is 0.383 e. The Morgan fingerprint density at radius 2 is 2.11 bits per heavy atom. The Morgan fingerprint density at radius 3 is 2.74 bits per heavy atom. The van der Waals surface area contributed by atoms with E-state index in [1.54, 1.807) is 26.8 Å². The highest BCUT2D eigenvalue weighted by Gasteiger charge is 2.03. The molecule has 0 spiro atoms. The molecule has 0 fully saturated rings. The van der Waals surface area contributed by atoms with E-state index in [9.17, 15) is 0 Å². The van der Waals surface area contributed by atoms with Crippen LogP contribution in [-0.2, 0) is 11.3 Å². The Labute approximate surface area is 114 Å². The predicted octanol–water partition coefficient (Wildman–Crippen LogP) is 0.258. The normalized spacial score (nSPS) is 13.3. The molecule has 0 bridgehead atoms. The lowest BCUT2D eigenvalue weighted by Crippen LogP contribution is -2.44. The van der Waals surface area contributed by atoms with E-state index in [-0.39, 0.29) is 6.04 Å². The minimum absolute atomic E-state index is 0.244. The SMILES string of the molecule is CN=C(NCCCCn1cnnc1)NC(C)COC. The van der Waals surface area contributed by atoms with Crippen LogP contribution < -0.4 is 10.6 Å². The van der Waals surface area contributed by atoms with E-state index in [0.29, 0.717) is 6.61 Å². The Hall–Kier alpha value is -1.63. The van der Waals surface area contributed by atoms with Crippen LogP contribution in [0.5, 0.6) is 0 Å². The number of ether oxygens (including phenoxy) is 1. The van der Waals surface area contributed by atoms with Gasteiger partial charge in [-0.15, -0.1) is 10.2 Å². The molecule has 0 aliphatic rings. The lowest BCUT2D eigenvalue weighted by Gasteiger charge is -2.17. The van der Waals surface area contributed by atoms with Gasteiger partial charge >= 0.3 is 0 Å². The average molecular weight is 268 g/mol. The van der Waals surface area contributed by atoms with Gasteiger partial charge in [0.1, 0.15) is 12.7 Å². The first-order chi connectivity index (χ1) is 9.26. The number of hydrogen-bond donors (Lipinski definition) is 2. The van der Waals surface area contributed by atoms with E-state index in [1.165, 1.54) is 0 Å². The molecule has 1 aromatic rings. The first-order valence-electron chi connectivity index (χ1n) is 6.54. The second-order valence-electron chi connectivity index (χ2n) is 4.41. The van der Waals surface area contributed by atoms with E-state index in [4.69, 9.17) is 4.74 Å². The number of aromatic nitrogens is 3. The molecule has 108 valence electrons. The molecule has 2 N–H and O–H groups in total. The summed E-state index contributed by atoms with van der Waals surface area (Å²) in [6.07, 6.45) is 5.62. The number of rotatable bonds is 8. The van der Waals surface area contributed by atoms with Gasteiger partial charge in [0, 0.05) is 33.3 Å². The van der Waals surface area contributed by atoms with Crippen LogP contribution >= 0.6 is 0 Å². The minimum atomic E-state index is 0.244. The third-order valence-electron chi connectivity index (χ3n) is 2.63. The summed E-state index contributed by atoms with van der Waals surface area (Å²) in [6, 6.07) is 0.244. The second-order valence-corrected chi connectivity index (χ2v) is 4.41. The molecule has 1 unspecified atom stereocenters. The number of unbranched alkanes of at least 4 members (excludes halogenated alkanes) is 1. The third kappa shape index (κ3) is 6.76. The zero-order chi connectivity index (χ0) is 13.9. The smallest absolute Gasteiger partial charge is 0.191 e. The van der Waals surface area contributed by atoms with Crippen LogP contribution in [0.3, 0.4) is 0 Å². The zero-order valence-corrected chi connectivity index (χ0v) is 12.0. The Kier molecular flexibility index (Phi) is 7.57. The van der Waals surface area contributed by atoms with Crippen LogP contribution in [0, 0.1) is 0 Å². The fraction of sp³-hybridized carbons (Fsp3) is 0.750. The highest BCUT2D eigenvalue weighted by molar-refractivity contribution is 5.79. The summed E-state index contributed by atoms with van der Waals surface area (Å²) in [5.74, 6) is 0.814. The predicted molar refractivity (Wildman–Crippen MR) is 75.1 cm³/mol. The number of nitrogens with zero attached hydrogens (tertiary/aromatic N) is 4. The molecule has 0 aliphatic heterocycles. The van der Waals surface area contributed by atoms with Crippen molar-refractivity contribution in [3.8, 4) is 0 Å². The van der Waals surface area contributed by atoms with Crippen molar-refractivity contribution in [3.63, 3.8) is 0 Å². The number of aliphatic imine (C=N–C) groups is 1. The van der Waals surface area contributed by atoms with E-state index < -0.39 is 0 Å². The van der Waals surface area contributed by atoms with Crippen molar-refractivity contribution in [3.05, 3.63) is 12.7 Å². The maximum absolute atomic E-state index is 5.07. The summed E-state index contributed by atoms with van der Waals surface area (Å²) in [5.41, 5.74) is 0. The molecule has 0 aliphatic carbocycles. The average Bonchev–Trinajstić information content (AvgIpc) is 2.90. The standard InChI is InChI=1S/C12H24N6O/c1-11(8-19-3)17-12(13-2)14-6-4-5-7-18-9-15-16-10-18/h9-11H,4-8H2,1-3H3,(H2,13,14,17). The molecule has 1 atom stereocenters. The Balaban J connectivity index is 2.09. The van der Waals surface area contributed by atoms with Crippen LogP contribution in [-0.4, -0.2) is 54.1 Å². The summed E-state index contributed by atoms with van der Waals surface area (Å²) >= 11 is 0. The maximum Gasteiger partial charge on any atom is 0.191 e. The van der Waals surface area contributed by atoms with Crippen molar-refractivity contribution in [2.45, 2.75) is 32.4 Å². The Bertz CT molecular complexity index is 351. The molecule has 0 saturated heterocycles. The van der Waals surface area contributed by atoms with Crippen LogP contribution in [0.15, 0.2) is 17.6 Å². The summed E-state index contributed by atoms with van der Waals surface area (Å²) < 4.78 is 7.05. The first kappa shape index (κ1) is 15.4. The first-order valence-corrected chi connectivity index (χ1v) is 6.54. The maximum atomic E-state index is 5.07. The summed E-state index contributed by atoms with van der Waals surface area (Å²) in [5, 5.41) is 14.1. The zero-order valence-electron chi connectivity index (χ0n) is 12.0. The van der Waals surface area contributed by atoms with Crippen LogP contribution in [0.4, 0.5) is 0 Å². The molecule has 0 aromatic carbocycles. The molecule has 19 heavy (non-hydrogen) atoms. The number of methoxy groups -OCH3 is 1. The number of nitrogens with one attached hydrogen (secondary N) is 2. The second kappa shape index (κ2) is 9.32. The van der Waals surface area contributed by atoms with Crippen molar-refractivity contribution in [2.24, 2.45) is 4.99 Å². The summed E-state index contributed by atoms with van der Waals surface area (Å²) in [7, 11) is 3.46. The van der Waals surface area contributed by atoms with Gasteiger partial charge in [-0.2, -0.15) is 0 Å². The van der Waals surface area contributed by atoms with Gasteiger partial charge in [0.25, 0.3) is 0 Å². The fourth-order valence-corrected chi connectivity index (χ4v) is 1.68.